The minimum Gasteiger partial charge on any atom is -0.768 e. The van der Waals surface area contributed by atoms with E-state index in [-0.39, 0.29) is 10.7 Å². The largest absolute Gasteiger partial charge is 0.768 e. The van der Waals surface area contributed by atoms with Crippen LogP contribution in [0.5, 0.6) is 0 Å². The Morgan fingerprint density at radius 1 is 1.00 bits per heavy atom. The summed E-state index contributed by atoms with van der Waals surface area (Å²) in [5.74, 6) is 0.126. The number of Topliss-reactive ketones (excluding diaryl/α,β-unsaturated/α-hetero) is 1. The molecule has 0 amide bonds. The van der Waals surface area contributed by atoms with Crippen LogP contribution in [0.2, 0.25) is 0 Å². The van der Waals surface area contributed by atoms with Crippen molar-refractivity contribution in [2.24, 2.45) is 0 Å². The van der Waals surface area contributed by atoms with Crippen molar-refractivity contribution in [3.63, 3.8) is 0 Å². The molecule has 0 fully saturated rings. The predicted molar refractivity (Wildman–Crippen MR) is 89.0 cm³/mol. The lowest BCUT2D eigenvalue weighted by molar-refractivity contribution is 0.102. The third-order valence-electron chi connectivity index (χ3n) is 2.51. The summed E-state index contributed by atoms with van der Waals surface area (Å²) in [5.41, 5.74) is 1.40. The van der Waals surface area contributed by atoms with Crippen LogP contribution in [0, 0.1) is 0 Å². The van der Waals surface area contributed by atoms with Crippen molar-refractivity contribution in [1.82, 2.24) is 0 Å². The number of alkyl halides is 1. The molecule has 0 N–H and O–H groups in total. The van der Waals surface area contributed by atoms with Crippen LogP contribution in [-0.2, 0) is 11.1 Å². The molecule has 1 unspecified atom stereocenters. The summed E-state index contributed by atoms with van der Waals surface area (Å²) in [4.78, 5) is 11.1. The normalized spacial score (nSPS) is 11.0. The molecule has 1 atom stereocenters. The molecule has 0 radical (unpaired) electrons. The van der Waals surface area contributed by atoms with Crippen LogP contribution in [0.4, 0.5) is 0 Å². The molecule has 5 heteroatoms. The fourth-order valence-electron chi connectivity index (χ4n) is 1.42. The molecule has 0 aliphatic heterocycles. The first-order valence-electron chi connectivity index (χ1n) is 6.04. The lowest BCUT2D eigenvalue weighted by atomic mass is 10.2. The molecule has 0 aromatic heterocycles. The van der Waals surface area contributed by atoms with Crippen LogP contribution < -0.4 is 0 Å². The van der Waals surface area contributed by atoms with Gasteiger partial charge in [0, 0.05) is 10.5 Å². The molecular formula is C16H14BrO3S-. The van der Waals surface area contributed by atoms with E-state index < -0.39 is 11.1 Å². The van der Waals surface area contributed by atoms with Gasteiger partial charge in [-0.15, -0.1) is 0 Å². The lowest BCUT2D eigenvalue weighted by Gasteiger charge is -2.07. The molecule has 0 bridgehead atoms. The Bertz CT molecular complexity index is 612. The van der Waals surface area contributed by atoms with Gasteiger partial charge in [0.2, 0.25) is 0 Å². The van der Waals surface area contributed by atoms with Crippen molar-refractivity contribution in [2.75, 3.05) is 5.33 Å². The third kappa shape index (κ3) is 6.16. The van der Waals surface area contributed by atoms with Crippen LogP contribution in [0.25, 0.3) is 4.91 Å². The second-order valence-electron chi connectivity index (χ2n) is 3.95. The zero-order chi connectivity index (χ0) is 15.7. The summed E-state index contributed by atoms with van der Waals surface area (Å²) in [7, 11) is 0. The number of rotatable bonds is 4. The van der Waals surface area contributed by atoms with E-state index in [2.05, 4.69) is 22.5 Å². The van der Waals surface area contributed by atoms with E-state index in [1.165, 1.54) is 0 Å². The number of benzene rings is 2. The molecule has 110 valence electrons. The Labute approximate surface area is 135 Å². The number of hydrogen-bond acceptors (Lipinski definition) is 3. The second-order valence-corrected chi connectivity index (χ2v) is 5.47. The first kappa shape index (κ1) is 17.5. The Morgan fingerprint density at radius 2 is 1.43 bits per heavy atom. The van der Waals surface area contributed by atoms with E-state index >= 15 is 0 Å². The average Bonchev–Trinajstić information content (AvgIpc) is 2.55. The number of hydrogen-bond donors (Lipinski definition) is 0. The van der Waals surface area contributed by atoms with Crippen molar-refractivity contribution in [1.29, 1.82) is 0 Å². The van der Waals surface area contributed by atoms with Gasteiger partial charge in [0.25, 0.3) is 0 Å². The summed E-state index contributed by atoms with van der Waals surface area (Å²) in [6.07, 6.45) is 0. The van der Waals surface area contributed by atoms with Gasteiger partial charge < -0.3 is 4.55 Å². The van der Waals surface area contributed by atoms with Gasteiger partial charge in [-0.3, -0.25) is 9.00 Å². The molecule has 2 rings (SSSR count). The van der Waals surface area contributed by atoms with E-state index in [9.17, 15) is 13.6 Å². The average molecular weight is 366 g/mol. The van der Waals surface area contributed by atoms with Crippen LogP contribution in [-0.4, -0.2) is 19.9 Å². The monoisotopic (exact) mass is 365 g/mol. The van der Waals surface area contributed by atoms with Crippen molar-refractivity contribution in [2.45, 2.75) is 0 Å². The van der Waals surface area contributed by atoms with Gasteiger partial charge in [-0.1, -0.05) is 83.2 Å². The first-order valence-corrected chi connectivity index (χ1v) is 8.23. The summed E-state index contributed by atoms with van der Waals surface area (Å²) in [6.45, 7) is 3.41. The Hall–Kier alpha value is -1.56. The Morgan fingerprint density at radius 3 is 1.81 bits per heavy atom. The van der Waals surface area contributed by atoms with Gasteiger partial charge >= 0.3 is 0 Å². The lowest BCUT2D eigenvalue weighted by Crippen LogP contribution is -1.98. The Kier molecular flexibility index (Phi) is 7.82. The van der Waals surface area contributed by atoms with Crippen LogP contribution >= 0.6 is 15.9 Å². The van der Waals surface area contributed by atoms with Crippen molar-refractivity contribution < 1.29 is 13.6 Å². The van der Waals surface area contributed by atoms with E-state index in [4.69, 9.17) is 0 Å². The molecule has 21 heavy (non-hydrogen) atoms. The highest BCUT2D eigenvalue weighted by atomic mass is 79.9. The maximum absolute atomic E-state index is 11.0. The van der Waals surface area contributed by atoms with Gasteiger partial charge in [0.05, 0.1) is 5.33 Å². The predicted octanol–water partition coefficient (Wildman–Crippen LogP) is 3.80. The molecular weight excluding hydrogens is 352 g/mol. The van der Waals surface area contributed by atoms with E-state index in [0.717, 1.165) is 5.56 Å². The minimum absolute atomic E-state index is 0.126. The zero-order valence-electron chi connectivity index (χ0n) is 11.2. The van der Waals surface area contributed by atoms with E-state index in [0.29, 0.717) is 10.9 Å². The zero-order valence-corrected chi connectivity index (χ0v) is 13.6. The first-order chi connectivity index (χ1) is 10.1. The fourth-order valence-corrected chi connectivity index (χ4v) is 2.07. The fraction of sp³-hybridized carbons (Fsp3) is 0.0625. The molecule has 3 nitrogen and oxygen atoms in total. The molecule has 0 heterocycles. The van der Waals surface area contributed by atoms with Gasteiger partial charge in [-0.05, 0) is 16.6 Å². The third-order valence-corrected chi connectivity index (χ3v) is 3.66. The highest BCUT2D eigenvalue weighted by Crippen LogP contribution is 2.13. The van der Waals surface area contributed by atoms with E-state index in [1.807, 2.05) is 36.4 Å². The van der Waals surface area contributed by atoms with Crippen LogP contribution in [0.3, 0.4) is 0 Å². The Balaban J connectivity index is 0.000000211. The molecule has 2 aromatic carbocycles. The molecule has 0 saturated heterocycles. The second kappa shape index (κ2) is 9.39. The van der Waals surface area contributed by atoms with Crippen LogP contribution in [0.15, 0.2) is 67.2 Å². The highest BCUT2D eigenvalue weighted by Gasteiger charge is 1.99. The summed E-state index contributed by atoms with van der Waals surface area (Å²) in [5, 5.41) is 0.400. The number of carbonyl (C=O) groups excluding carboxylic acids is 1. The summed E-state index contributed by atoms with van der Waals surface area (Å²) < 4.78 is 20.8. The topological polar surface area (TPSA) is 57.2 Å². The standard InChI is InChI=1S/C8H7BrO.C8H8O2S/c9-6-8(10)7-4-2-1-3-5-7;1-7(11(9)10)8-5-3-2-4-6-8/h1-5H,6H2;2-6H,1H2,(H,9,10)/p-1. The summed E-state index contributed by atoms with van der Waals surface area (Å²) in [6, 6.07) is 18.0. The maximum Gasteiger partial charge on any atom is 0.173 e. The molecule has 2 aromatic rings. The van der Waals surface area contributed by atoms with E-state index in [1.54, 1.807) is 24.3 Å². The van der Waals surface area contributed by atoms with Gasteiger partial charge in [-0.2, -0.15) is 0 Å². The van der Waals surface area contributed by atoms with Gasteiger partial charge in [-0.25, -0.2) is 0 Å². The van der Waals surface area contributed by atoms with Crippen LogP contribution in [0.1, 0.15) is 15.9 Å². The summed E-state index contributed by atoms with van der Waals surface area (Å²) >= 11 is 0.896. The van der Waals surface area contributed by atoms with Gasteiger partial charge in [0.1, 0.15) is 0 Å². The molecule has 0 saturated carbocycles. The molecule has 0 aliphatic rings. The maximum atomic E-state index is 11.0. The van der Waals surface area contributed by atoms with Crippen molar-refractivity contribution >= 4 is 37.7 Å². The van der Waals surface area contributed by atoms with Crippen molar-refractivity contribution in [3.8, 4) is 0 Å². The SMILES string of the molecule is C=C(c1ccccc1)S(=O)[O-].O=C(CBr)c1ccccc1. The minimum atomic E-state index is -2.21. The van der Waals surface area contributed by atoms with Gasteiger partial charge in [0.15, 0.2) is 5.78 Å². The number of ketones is 1. The molecule has 0 aliphatic carbocycles. The van der Waals surface area contributed by atoms with Crippen molar-refractivity contribution in [3.05, 3.63) is 78.4 Å². The smallest absolute Gasteiger partial charge is 0.173 e. The quantitative estimate of drug-likeness (QED) is 0.470. The molecule has 0 spiro atoms. The highest BCUT2D eigenvalue weighted by molar-refractivity contribution is 9.09. The number of halogens is 1. The number of carbonyl (C=O) groups is 1.